The van der Waals surface area contributed by atoms with Crippen LogP contribution >= 0.6 is 0 Å². The van der Waals surface area contributed by atoms with E-state index in [-0.39, 0.29) is 5.82 Å². The number of hydrogen-bond acceptors (Lipinski definition) is 3. The van der Waals surface area contributed by atoms with Crippen molar-refractivity contribution in [3.63, 3.8) is 0 Å². The molecule has 0 aromatic heterocycles. The van der Waals surface area contributed by atoms with Crippen LogP contribution in [0.2, 0.25) is 0 Å². The van der Waals surface area contributed by atoms with Crippen LogP contribution in [0.5, 0.6) is 0 Å². The number of aliphatic hydroxyl groups excluding tert-OH is 1. The molecule has 0 amide bonds. The number of aliphatic hydroxyl groups is 1. The molecule has 0 bridgehead atoms. The van der Waals surface area contributed by atoms with E-state index in [0.717, 1.165) is 31.6 Å². The Labute approximate surface area is 127 Å². The van der Waals surface area contributed by atoms with Crippen LogP contribution in [0, 0.1) is 5.82 Å². The van der Waals surface area contributed by atoms with Crippen molar-refractivity contribution in [3.8, 4) is 0 Å². The highest BCUT2D eigenvalue weighted by Crippen LogP contribution is 2.03. The molecule has 21 heavy (non-hydrogen) atoms. The molecule has 0 spiro atoms. The molecule has 4 heteroatoms. The summed E-state index contributed by atoms with van der Waals surface area (Å²) in [6.45, 7) is 4.50. The Balaban J connectivity index is 1.97. The number of benzene rings is 1. The highest BCUT2D eigenvalue weighted by molar-refractivity contribution is 5.16. The molecule has 1 unspecified atom stereocenters. The van der Waals surface area contributed by atoms with Gasteiger partial charge in [0.05, 0.1) is 12.7 Å². The van der Waals surface area contributed by atoms with Crippen LogP contribution in [-0.4, -0.2) is 37.5 Å². The standard InChI is InChI=1S/C17H28FNO2/c1-2-3-4-5-11-21-14-17(20)13-19-10-9-15-7-6-8-16(18)12-15/h6-8,12,17,19-20H,2-5,9-11,13-14H2,1H3. The zero-order valence-corrected chi connectivity index (χ0v) is 13.0. The summed E-state index contributed by atoms with van der Waals surface area (Å²) in [7, 11) is 0. The third-order valence-electron chi connectivity index (χ3n) is 3.31. The molecular formula is C17H28FNO2. The largest absolute Gasteiger partial charge is 0.389 e. The summed E-state index contributed by atoms with van der Waals surface area (Å²) in [4.78, 5) is 0. The Hall–Kier alpha value is -0.970. The summed E-state index contributed by atoms with van der Waals surface area (Å²) in [6, 6.07) is 6.60. The first-order valence-corrected chi connectivity index (χ1v) is 7.93. The van der Waals surface area contributed by atoms with E-state index in [9.17, 15) is 9.50 Å². The van der Waals surface area contributed by atoms with Crippen LogP contribution in [-0.2, 0) is 11.2 Å². The maximum atomic E-state index is 13.0. The quantitative estimate of drug-likeness (QED) is 0.583. The summed E-state index contributed by atoms with van der Waals surface area (Å²) in [5.74, 6) is -0.205. The van der Waals surface area contributed by atoms with Crippen molar-refractivity contribution in [2.75, 3.05) is 26.3 Å². The first-order valence-electron chi connectivity index (χ1n) is 7.93. The normalized spacial score (nSPS) is 12.5. The lowest BCUT2D eigenvalue weighted by Gasteiger charge is -2.12. The summed E-state index contributed by atoms with van der Waals surface area (Å²) >= 11 is 0. The fourth-order valence-corrected chi connectivity index (χ4v) is 2.10. The van der Waals surface area contributed by atoms with Crippen molar-refractivity contribution < 1.29 is 14.2 Å². The molecule has 0 saturated carbocycles. The molecule has 3 nitrogen and oxygen atoms in total. The minimum atomic E-state index is -0.483. The van der Waals surface area contributed by atoms with Gasteiger partial charge in [-0.05, 0) is 37.1 Å². The number of unbranched alkanes of at least 4 members (excludes halogenated alkanes) is 3. The number of nitrogens with one attached hydrogen (secondary N) is 1. The van der Waals surface area contributed by atoms with Crippen molar-refractivity contribution in [3.05, 3.63) is 35.6 Å². The van der Waals surface area contributed by atoms with Crippen LogP contribution < -0.4 is 5.32 Å². The van der Waals surface area contributed by atoms with Gasteiger partial charge in [-0.2, -0.15) is 0 Å². The predicted octanol–water partition coefficient (Wildman–Crippen LogP) is 2.92. The van der Waals surface area contributed by atoms with E-state index in [1.807, 2.05) is 6.07 Å². The van der Waals surface area contributed by atoms with Gasteiger partial charge in [-0.15, -0.1) is 0 Å². The molecule has 1 aromatic rings. The van der Waals surface area contributed by atoms with Crippen molar-refractivity contribution in [2.24, 2.45) is 0 Å². The second-order valence-electron chi connectivity index (χ2n) is 5.37. The van der Waals surface area contributed by atoms with E-state index >= 15 is 0 Å². The average molecular weight is 297 g/mol. The molecule has 1 aromatic carbocycles. The first-order chi connectivity index (χ1) is 10.2. The first kappa shape index (κ1) is 18.1. The maximum absolute atomic E-state index is 13.0. The van der Waals surface area contributed by atoms with Crippen LogP contribution in [0.4, 0.5) is 4.39 Å². The van der Waals surface area contributed by atoms with Crippen LogP contribution in [0.1, 0.15) is 38.2 Å². The summed E-state index contributed by atoms with van der Waals surface area (Å²) in [5, 5.41) is 12.9. The molecular weight excluding hydrogens is 269 g/mol. The van der Waals surface area contributed by atoms with Gasteiger partial charge in [0.15, 0.2) is 0 Å². The molecule has 0 radical (unpaired) electrons. The van der Waals surface area contributed by atoms with Gasteiger partial charge < -0.3 is 15.2 Å². The number of halogens is 1. The minimum Gasteiger partial charge on any atom is -0.389 e. The molecule has 0 saturated heterocycles. The van der Waals surface area contributed by atoms with E-state index < -0.39 is 6.10 Å². The minimum absolute atomic E-state index is 0.205. The second-order valence-corrected chi connectivity index (χ2v) is 5.37. The molecule has 0 heterocycles. The highest BCUT2D eigenvalue weighted by atomic mass is 19.1. The van der Waals surface area contributed by atoms with E-state index in [2.05, 4.69) is 12.2 Å². The van der Waals surface area contributed by atoms with Gasteiger partial charge in [-0.25, -0.2) is 4.39 Å². The van der Waals surface area contributed by atoms with Gasteiger partial charge in [0.2, 0.25) is 0 Å². The molecule has 1 atom stereocenters. The van der Waals surface area contributed by atoms with Gasteiger partial charge in [0, 0.05) is 13.2 Å². The molecule has 0 fully saturated rings. The molecule has 0 aliphatic rings. The van der Waals surface area contributed by atoms with Gasteiger partial charge in [0.25, 0.3) is 0 Å². The SMILES string of the molecule is CCCCCCOCC(O)CNCCc1cccc(F)c1. The van der Waals surface area contributed by atoms with Crippen LogP contribution in [0.25, 0.3) is 0 Å². The molecule has 0 aliphatic heterocycles. The van der Waals surface area contributed by atoms with E-state index in [1.165, 1.54) is 31.4 Å². The van der Waals surface area contributed by atoms with Crippen molar-refractivity contribution in [1.29, 1.82) is 0 Å². The number of rotatable bonds is 12. The van der Waals surface area contributed by atoms with Crippen molar-refractivity contribution in [2.45, 2.75) is 45.1 Å². The molecule has 0 aliphatic carbocycles. The summed E-state index contributed by atoms with van der Waals surface area (Å²) in [6.07, 6.45) is 4.99. The Bertz CT molecular complexity index is 374. The summed E-state index contributed by atoms with van der Waals surface area (Å²) in [5.41, 5.74) is 0.962. The fraction of sp³-hybridized carbons (Fsp3) is 0.647. The zero-order chi connectivity index (χ0) is 15.3. The molecule has 2 N–H and O–H groups in total. The monoisotopic (exact) mass is 297 g/mol. The van der Waals surface area contributed by atoms with E-state index in [4.69, 9.17) is 4.74 Å². The summed E-state index contributed by atoms with van der Waals surface area (Å²) < 4.78 is 18.4. The molecule has 120 valence electrons. The van der Waals surface area contributed by atoms with Gasteiger partial charge in [-0.1, -0.05) is 38.3 Å². The lowest BCUT2D eigenvalue weighted by molar-refractivity contribution is 0.0356. The number of hydrogen-bond donors (Lipinski definition) is 2. The van der Waals surface area contributed by atoms with Crippen LogP contribution in [0.15, 0.2) is 24.3 Å². The zero-order valence-electron chi connectivity index (χ0n) is 13.0. The third-order valence-corrected chi connectivity index (χ3v) is 3.31. The van der Waals surface area contributed by atoms with Crippen LogP contribution in [0.3, 0.4) is 0 Å². The van der Waals surface area contributed by atoms with Gasteiger partial charge in [0.1, 0.15) is 5.82 Å². The topological polar surface area (TPSA) is 41.5 Å². The Morgan fingerprint density at radius 2 is 2.14 bits per heavy atom. The fourth-order valence-electron chi connectivity index (χ4n) is 2.10. The smallest absolute Gasteiger partial charge is 0.123 e. The lowest BCUT2D eigenvalue weighted by atomic mass is 10.1. The molecule has 1 rings (SSSR count). The predicted molar refractivity (Wildman–Crippen MR) is 83.9 cm³/mol. The van der Waals surface area contributed by atoms with E-state index in [1.54, 1.807) is 6.07 Å². The Morgan fingerprint density at radius 3 is 2.90 bits per heavy atom. The van der Waals surface area contributed by atoms with Gasteiger partial charge in [-0.3, -0.25) is 0 Å². The van der Waals surface area contributed by atoms with Gasteiger partial charge >= 0.3 is 0 Å². The second kappa shape index (κ2) is 11.7. The Morgan fingerprint density at radius 1 is 1.29 bits per heavy atom. The van der Waals surface area contributed by atoms with Crippen molar-refractivity contribution >= 4 is 0 Å². The lowest BCUT2D eigenvalue weighted by Crippen LogP contribution is -2.31. The highest BCUT2D eigenvalue weighted by Gasteiger charge is 2.03. The Kier molecular flexibility index (Phi) is 10.0. The maximum Gasteiger partial charge on any atom is 0.123 e. The third kappa shape index (κ3) is 9.56. The number of ether oxygens (including phenoxy) is 1. The van der Waals surface area contributed by atoms with Crippen molar-refractivity contribution in [1.82, 2.24) is 5.32 Å². The van der Waals surface area contributed by atoms with E-state index in [0.29, 0.717) is 13.2 Å². The average Bonchev–Trinajstić information content (AvgIpc) is 2.47.